The molecule has 3 heterocycles. The van der Waals surface area contributed by atoms with Crippen molar-refractivity contribution < 1.29 is 28.2 Å². The van der Waals surface area contributed by atoms with E-state index < -0.39 is 18.2 Å². The van der Waals surface area contributed by atoms with Crippen LogP contribution in [-0.4, -0.2) is 43.8 Å². The first kappa shape index (κ1) is 24.8. The molecule has 3 fully saturated rings. The summed E-state index contributed by atoms with van der Waals surface area (Å²) >= 11 is 0. The van der Waals surface area contributed by atoms with Gasteiger partial charge in [0, 0.05) is 42.4 Å². The molecular weight excluding hydrogens is 492 g/mol. The molecule has 38 heavy (non-hydrogen) atoms. The predicted molar refractivity (Wildman–Crippen MR) is 136 cm³/mol. The molecule has 2 bridgehead atoms. The number of rotatable bonds is 6. The first-order valence-electron chi connectivity index (χ1n) is 13.3. The normalized spacial score (nSPS) is 24.6. The number of carbonyl (C=O) groups excluding carboxylic acids is 1. The highest BCUT2D eigenvalue weighted by Gasteiger charge is 2.52. The van der Waals surface area contributed by atoms with E-state index in [4.69, 9.17) is 9.84 Å². The first-order valence-corrected chi connectivity index (χ1v) is 13.3. The predicted octanol–water partition coefficient (Wildman–Crippen LogP) is 6.08. The number of pyridine rings is 1. The van der Waals surface area contributed by atoms with E-state index in [0.29, 0.717) is 45.3 Å². The van der Waals surface area contributed by atoms with E-state index in [1.165, 1.54) is 17.7 Å². The Morgan fingerprint density at radius 3 is 2.55 bits per heavy atom. The molecule has 3 saturated carbocycles. The van der Waals surface area contributed by atoms with Crippen LogP contribution in [0.25, 0.3) is 11.0 Å². The zero-order valence-electron chi connectivity index (χ0n) is 21.2. The van der Waals surface area contributed by atoms with Gasteiger partial charge in [-0.1, -0.05) is 18.2 Å². The van der Waals surface area contributed by atoms with E-state index in [2.05, 4.69) is 9.55 Å². The van der Waals surface area contributed by atoms with E-state index in [1.807, 2.05) is 23.1 Å². The number of nitrogens with zero attached hydrogens (tertiary/aromatic N) is 3. The average Bonchev–Trinajstić information content (AvgIpc) is 3.22. The Balaban J connectivity index is 1.23. The van der Waals surface area contributed by atoms with Crippen molar-refractivity contribution in [2.75, 3.05) is 6.54 Å². The average molecular weight is 524 g/mol. The lowest BCUT2D eigenvalue weighted by Gasteiger charge is -2.52. The van der Waals surface area contributed by atoms with Gasteiger partial charge < -0.3 is 19.3 Å². The molecule has 0 atom stereocenters. The van der Waals surface area contributed by atoms with Crippen molar-refractivity contribution in [3.8, 4) is 0 Å². The maximum atomic E-state index is 13.6. The number of halogens is 2. The van der Waals surface area contributed by atoms with E-state index >= 15 is 0 Å². The number of ether oxygens (including phenoxy) is 1. The maximum absolute atomic E-state index is 13.6. The Morgan fingerprint density at radius 2 is 1.84 bits per heavy atom. The third-order valence-corrected chi connectivity index (χ3v) is 9.07. The van der Waals surface area contributed by atoms with Crippen LogP contribution in [0.3, 0.4) is 0 Å². The maximum Gasteiger partial charge on any atom is 0.506 e. The summed E-state index contributed by atoms with van der Waals surface area (Å²) in [6.45, 7) is 1.49. The van der Waals surface area contributed by atoms with Crippen molar-refractivity contribution in [3.63, 3.8) is 0 Å². The van der Waals surface area contributed by atoms with Crippen LogP contribution in [-0.2, 0) is 29.0 Å². The van der Waals surface area contributed by atoms with E-state index in [9.17, 15) is 18.4 Å². The van der Waals surface area contributed by atoms with Gasteiger partial charge in [-0.25, -0.2) is 18.6 Å². The van der Waals surface area contributed by atoms with Crippen LogP contribution in [0.2, 0.25) is 0 Å². The molecule has 0 saturated heterocycles. The number of carbonyl (C=O) groups is 2. The second-order valence-electron chi connectivity index (χ2n) is 11.2. The number of hydrogen-bond acceptors (Lipinski definition) is 4. The Morgan fingerprint density at radius 1 is 1.08 bits per heavy atom. The molecule has 2 aromatic heterocycles. The summed E-state index contributed by atoms with van der Waals surface area (Å²) in [6, 6.07) is 10.4. The minimum absolute atomic E-state index is 0.00501. The monoisotopic (exact) mass is 523 g/mol. The largest absolute Gasteiger partial charge is 0.506 e. The van der Waals surface area contributed by atoms with Gasteiger partial charge >= 0.3 is 6.16 Å². The van der Waals surface area contributed by atoms with Gasteiger partial charge in [0.2, 0.25) is 5.91 Å². The molecule has 4 aliphatic rings. The number of fused-ring (bicyclic) bond motifs is 6. The van der Waals surface area contributed by atoms with Gasteiger partial charge in [-0.05, 0) is 79.7 Å². The number of carboxylic acid groups (broad SMARTS) is 1. The second-order valence-corrected chi connectivity index (χ2v) is 11.2. The fraction of sp³-hybridized carbons (Fsp3) is 0.483. The van der Waals surface area contributed by atoms with Crippen LogP contribution >= 0.6 is 0 Å². The lowest BCUT2D eigenvalue weighted by atomic mass is 9.57. The van der Waals surface area contributed by atoms with Gasteiger partial charge in [0.05, 0.1) is 6.54 Å². The highest BCUT2D eigenvalue weighted by atomic mass is 19.3. The molecule has 7 nitrogen and oxygen atoms in total. The lowest BCUT2D eigenvalue weighted by Crippen LogP contribution is -2.50. The van der Waals surface area contributed by atoms with Gasteiger partial charge in [0.25, 0.3) is 6.43 Å². The van der Waals surface area contributed by atoms with Crippen molar-refractivity contribution in [1.82, 2.24) is 14.5 Å². The van der Waals surface area contributed by atoms with Crippen LogP contribution in [0.1, 0.15) is 73.8 Å². The third-order valence-electron chi connectivity index (χ3n) is 9.07. The molecule has 3 aromatic rings. The molecule has 200 valence electrons. The standard InChI is InChI=1S/C29H31F2N3O4/c30-25(31)20-4-1-3-19(15-20)17-34-23-18-33(14-6-21(23)22-5-2-13-32-26(22)34)24(35)16-28-7-10-29(11-8-28,12-9-28)38-27(36)37/h1-5,13,15,25H,6-12,14,16-18H2,(H,36,37). The van der Waals surface area contributed by atoms with Gasteiger partial charge in [-0.15, -0.1) is 0 Å². The lowest BCUT2D eigenvalue weighted by molar-refractivity contribution is -0.144. The van der Waals surface area contributed by atoms with Crippen molar-refractivity contribution in [1.29, 1.82) is 0 Å². The smallest absolute Gasteiger partial charge is 0.450 e. The molecule has 0 unspecified atom stereocenters. The van der Waals surface area contributed by atoms with Gasteiger partial charge in [-0.2, -0.15) is 0 Å². The molecule has 7 rings (SSSR count). The molecule has 1 aromatic carbocycles. The summed E-state index contributed by atoms with van der Waals surface area (Å²) in [4.78, 5) is 31.3. The van der Waals surface area contributed by atoms with E-state index in [1.54, 1.807) is 12.3 Å². The molecule has 9 heteroatoms. The van der Waals surface area contributed by atoms with Crippen molar-refractivity contribution in [2.24, 2.45) is 5.41 Å². The van der Waals surface area contributed by atoms with Crippen LogP contribution in [0.5, 0.6) is 0 Å². The zero-order valence-corrected chi connectivity index (χ0v) is 21.2. The molecule has 1 N–H and O–H groups in total. The van der Waals surface area contributed by atoms with Crippen LogP contribution in [0.4, 0.5) is 13.6 Å². The van der Waals surface area contributed by atoms with Gasteiger partial charge in [-0.3, -0.25) is 4.79 Å². The third kappa shape index (κ3) is 4.41. The summed E-state index contributed by atoms with van der Waals surface area (Å²) in [5.74, 6) is 0.119. The Bertz CT molecular complexity index is 1380. The van der Waals surface area contributed by atoms with Crippen molar-refractivity contribution in [2.45, 2.75) is 76.5 Å². The fourth-order valence-electron chi connectivity index (χ4n) is 6.92. The zero-order chi connectivity index (χ0) is 26.5. The highest BCUT2D eigenvalue weighted by Crippen LogP contribution is 2.55. The summed E-state index contributed by atoms with van der Waals surface area (Å²) < 4.78 is 34.0. The molecule has 0 spiro atoms. The number of amides is 1. The molecule has 1 aliphatic heterocycles. The van der Waals surface area contributed by atoms with E-state index in [0.717, 1.165) is 48.0 Å². The van der Waals surface area contributed by atoms with Crippen molar-refractivity contribution in [3.05, 3.63) is 65.0 Å². The Labute approximate surface area is 219 Å². The minimum atomic E-state index is -2.53. The number of alkyl halides is 2. The fourth-order valence-corrected chi connectivity index (χ4v) is 6.92. The van der Waals surface area contributed by atoms with Gasteiger partial charge in [0.1, 0.15) is 11.2 Å². The topological polar surface area (TPSA) is 84.7 Å². The molecule has 0 radical (unpaired) electrons. The summed E-state index contributed by atoms with van der Waals surface area (Å²) in [5, 5.41) is 10.2. The number of hydrogen-bond donors (Lipinski definition) is 1. The SMILES string of the molecule is O=C(O)OC12CCC(CC(=O)N3CCc4c(n(Cc5cccc(C(F)F)c5)c5ncccc45)C3)(CC1)CC2. The number of benzene rings is 1. The first-order chi connectivity index (χ1) is 18.3. The number of aromatic nitrogens is 2. The van der Waals surface area contributed by atoms with Crippen LogP contribution in [0.15, 0.2) is 42.6 Å². The quantitative estimate of drug-likeness (QED) is 0.396. The Hall–Kier alpha value is -3.49. The van der Waals surface area contributed by atoms with Gasteiger partial charge in [0.15, 0.2) is 0 Å². The summed E-state index contributed by atoms with van der Waals surface area (Å²) in [6.07, 6.45) is 3.60. The van der Waals surface area contributed by atoms with E-state index in [-0.39, 0.29) is 16.9 Å². The summed E-state index contributed by atoms with van der Waals surface area (Å²) in [7, 11) is 0. The van der Waals surface area contributed by atoms with Crippen LogP contribution < -0.4 is 0 Å². The Kier molecular flexibility index (Phi) is 6.12. The second kappa shape index (κ2) is 9.36. The molecular formula is C29H31F2N3O4. The minimum Gasteiger partial charge on any atom is -0.450 e. The summed E-state index contributed by atoms with van der Waals surface area (Å²) in [5.41, 5.74) is 3.09. The molecule has 3 aliphatic carbocycles. The van der Waals surface area contributed by atoms with Crippen LogP contribution in [0, 0.1) is 5.41 Å². The van der Waals surface area contributed by atoms with Crippen molar-refractivity contribution >= 4 is 23.1 Å². The molecule has 1 amide bonds. The highest BCUT2D eigenvalue weighted by molar-refractivity contribution is 5.84.